The van der Waals surface area contributed by atoms with Crippen LogP contribution < -0.4 is 0 Å². The summed E-state index contributed by atoms with van der Waals surface area (Å²) in [4.78, 5) is 5.60. The molecule has 0 unspecified atom stereocenters. The molecule has 0 aliphatic heterocycles. The largest absolute Gasteiger partial charge is 0.327 e. The van der Waals surface area contributed by atoms with Gasteiger partial charge in [-0.05, 0) is 19.9 Å². The van der Waals surface area contributed by atoms with Gasteiger partial charge in [-0.15, -0.1) is 11.3 Å². The van der Waals surface area contributed by atoms with Crippen molar-refractivity contribution in [2.75, 3.05) is 0 Å². The molecular formula is C12H12N2S. The first-order valence-corrected chi connectivity index (χ1v) is 5.93. The molecular weight excluding hydrogens is 204 g/mol. The molecule has 0 aliphatic carbocycles. The van der Waals surface area contributed by atoms with Gasteiger partial charge >= 0.3 is 0 Å². The summed E-state index contributed by atoms with van der Waals surface area (Å²) in [5.74, 6) is 0. The Bertz CT molecular complexity index is 619. The normalized spacial score (nSPS) is 11.9. The van der Waals surface area contributed by atoms with Gasteiger partial charge in [0.2, 0.25) is 0 Å². The summed E-state index contributed by atoms with van der Waals surface area (Å²) in [6.07, 6.45) is 1.94. The molecule has 0 bridgehead atoms. The van der Waals surface area contributed by atoms with E-state index in [9.17, 15) is 0 Å². The Morgan fingerprint density at radius 1 is 1.27 bits per heavy atom. The fourth-order valence-electron chi connectivity index (χ4n) is 1.92. The second-order valence-electron chi connectivity index (χ2n) is 4.00. The van der Waals surface area contributed by atoms with Crippen LogP contribution in [0.3, 0.4) is 0 Å². The number of benzene rings is 1. The summed E-state index contributed by atoms with van der Waals surface area (Å²) in [5.41, 5.74) is 1.28. The highest BCUT2D eigenvalue weighted by Gasteiger charge is 2.11. The molecule has 2 nitrogen and oxygen atoms in total. The topological polar surface area (TPSA) is 17.8 Å². The second kappa shape index (κ2) is 3.07. The Kier molecular flexibility index (Phi) is 1.83. The van der Waals surface area contributed by atoms with Crippen LogP contribution >= 0.6 is 11.3 Å². The van der Waals surface area contributed by atoms with E-state index >= 15 is 0 Å². The van der Waals surface area contributed by atoms with Gasteiger partial charge in [-0.25, -0.2) is 4.98 Å². The van der Waals surface area contributed by atoms with E-state index in [1.54, 1.807) is 11.3 Å². The third kappa shape index (κ3) is 1.20. The van der Waals surface area contributed by atoms with Crippen LogP contribution in [0.2, 0.25) is 0 Å². The van der Waals surface area contributed by atoms with Gasteiger partial charge in [0.05, 0.1) is 11.8 Å². The smallest absolute Gasteiger partial charge is 0.142 e. The lowest BCUT2D eigenvalue weighted by atomic mass is 10.2. The minimum absolute atomic E-state index is 0.466. The van der Waals surface area contributed by atoms with Crippen molar-refractivity contribution in [2.24, 2.45) is 0 Å². The monoisotopic (exact) mass is 216 g/mol. The number of aromatic nitrogens is 2. The van der Waals surface area contributed by atoms with Crippen molar-refractivity contribution in [1.29, 1.82) is 0 Å². The van der Waals surface area contributed by atoms with Crippen molar-refractivity contribution in [1.82, 2.24) is 9.55 Å². The van der Waals surface area contributed by atoms with Crippen molar-refractivity contribution >= 4 is 31.8 Å². The zero-order chi connectivity index (χ0) is 10.4. The van der Waals surface area contributed by atoms with E-state index < -0.39 is 0 Å². The fourth-order valence-corrected chi connectivity index (χ4v) is 2.96. The lowest BCUT2D eigenvalue weighted by Gasteiger charge is -2.06. The van der Waals surface area contributed by atoms with Gasteiger partial charge in [0.1, 0.15) is 4.83 Å². The summed E-state index contributed by atoms with van der Waals surface area (Å²) in [7, 11) is 0. The van der Waals surface area contributed by atoms with Gasteiger partial charge in [0, 0.05) is 16.1 Å². The first-order valence-electron chi connectivity index (χ1n) is 5.11. The quantitative estimate of drug-likeness (QED) is 0.604. The van der Waals surface area contributed by atoms with Gasteiger partial charge in [-0.1, -0.05) is 18.2 Å². The maximum atomic E-state index is 4.46. The molecule has 0 atom stereocenters. The molecule has 3 aromatic rings. The minimum atomic E-state index is 0.466. The van der Waals surface area contributed by atoms with Crippen LogP contribution in [0.15, 0.2) is 30.6 Å². The first-order chi connectivity index (χ1) is 7.27. The van der Waals surface area contributed by atoms with Crippen LogP contribution in [0.4, 0.5) is 0 Å². The lowest BCUT2D eigenvalue weighted by Crippen LogP contribution is -1.97. The van der Waals surface area contributed by atoms with Gasteiger partial charge < -0.3 is 4.57 Å². The Hall–Kier alpha value is -1.35. The molecule has 0 spiro atoms. The van der Waals surface area contributed by atoms with Crippen LogP contribution in [0, 0.1) is 0 Å². The average Bonchev–Trinajstić information content (AvgIpc) is 2.74. The molecule has 0 radical (unpaired) electrons. The van der Waals surface area contributed by atoms with Crippen LogP contribution in [0.25, 0.3) is 20.4 Å². The van der Waals surface area contributed by atoms with Crippen LogP contribution in [0.1, 0.15) is 19.9 Å². The van der Waals surface area contributed by atoms with E-state index in [0.717, 1.165) is 4.83 Å². The molecule has 2 heterocycles. The number of rotatable bonds is 1. The molecule has 2 aromatic heterocycles. The van der Waals surface area contributed by atoms with E-state index in [1.807, 2.05) is 6.33 Å². The maximum Gasteiger partial charge on any atom is 0.142 e. The maximum absolute atomic E-state index is 4.46. The second-order valence-corrected chi connectivity index (χ2v) is 5.03. The molecule has 0 saturated carbocycles. The summed E-state index contributed by atoms with van der Waals surface area (Å²) in [6, 6.07) is 8.97. The van der Waals surface area contributed by atoms with Crippen LogP contribution in [-0.4, -0.2) is 9.55 Å². The molecule has 1 aromatic carbocycles. The first kappa shape index (κ1) is 8.92. The number of hydrogen-bond acceptors (Lipinski definition) is 2. The SMILES string of the molecule is CC(C)n1cnc2sc3ccccc3c21. The Morgan fingerprint density at radius 3 is 2.87 bits per heavy atom. The average molecular weight is 216 g/mol. The van der Waals surface area contributed by atoms with Crippen molar-refractivity contribution in [3.63, 3.8) is 0 Å². The van der Waals surface area contributed by atoms with Gasteiger partial charge in [-0.3, -0.25) is 0 Å². The Labute approximate surface area is 92.2 Å². The van der Waals surface area contributed by atoms with E-state index in [4.69, 9.17) is 0 Å². The van der Waals surface area contributed by atoms with E-state index in [2.05, 4.69) is 47.7 Å². The number of imidazole rings is 1. The molecule has 0 N–H and O–H groups in total. The van der Waals surface area contributed by atoms with E-state index in [-0.39, 0.29) is 0 Å². The van der Waals surface area contributed by atoms with Gasteiger partial charge in [0.25, 0.3) is 0 Å². The minimum Gasteiger partial charge on any atom is -0.327 e. The molecule has 0 aliphatic rings. The standard InChI is InChI=1S/C12H12N2S/c1-8(2)14-7-13-12-11(14)9-5-3-4-6-10(9)15-12/h3-8H,1-2H3. The zero-order valence-corrected chi connectivity index (χ0v) is 9.58. The van der Waals surface area contributed by atoms with Crippen molar-refractivity contribution in [3.8, 4) is 0 Å². The molecule has 3 rings (SSSR count). The van der Waals surface area contributed by atoms with Gasteiger partial charge in [0.15, 0.2) is 0 Å². The molecule has 0 fully saturated rings. The highest BCUT2D eigenvalue weighted by Crippen LogP contribution is 2.33. The molecule has 3 heteroatoms. The lowest BCUT2D eigenvalue weighted by molar-refractivity contribution is 0.619. The van der Waals surface area contributed by atoms with Crippen molar-refractivity contribution < 1.29 is 0 Å². The predicted molar refractivity (Wildman–Crippen MR) is 65.5 cm³/mol. The third-order valence-corrected chi connectivity index (χ3v) is 3.73. The molecule has 0 amide bonds. The van der Waals surface area contributed by atoms with E-state index in [0.29, 0.717) is 6.04 Å². The highest BCUT2D eigenvalue weighted by atomic mass is 32.1. The van der Waals surface area contributed by atoms with Crippen LogP contribution in [-0.2, 0) is 0 Å². The van der Waals surface area contributed by atoms with Crippen molar-refractivity contribution in [3.05, 3.63) is 30.6 Å². The molecule has 0 saturated heterocycles. The number of nitrogens with zero attached hydrogens (tertiary/aromatic N) is 2. The zero-order valence-electron chi connectivity index (χ0n) is 8.77. The molecule has 76 valence electrons. The number of fused-ring (bicyclic) bond motifs is 3. The Morgan fingerprint density at radius 2 is 2.07 bits per heavy atom. The Balaban J connectivity index is 2.49. The van der Waals surface area contributed by atoms with Crippen LogP contribution in [0.5, 0.6) is 0 Å². The summed E-state index contributed by atoms with van der Waals surface area (Å²) >= 11 is 1.77. The molecule has 15 heavy (non-hydrogen) atoms. The number of hydrogen-bond donors (Lipinski definition) is 0. The summed E-state index contributed by atoms with van der Waals surface area (Å²) < 4.78 is 3.57. The highest BCUT2D eigenvalue weighted by molar-refractivity contribution is 7.25. The number of thiophene rings is 1. The summed E-state index contributed by atoms with van der Waals surface area (Å²) in [5, 5.41) is 1.32. The summed E-state index contributed by atoms with van der Waals surface area (Å²) in [6.45, 7) is 4.38. The predicted octanol–water partition coefficient (Wildman–Crippen LogP) is 3.83. The van der Waals surface area contributed by atoms with E-state index in [1.165, 1.54) is 15.6 Å². The third-order valence-electron chi connectivity index (χ3n) is 2.67. The fraction of sp³-hybridized carbons (Fsp3) is 0.250. The van der Waals surface area contributed by atoms with Crippen molar-refractivity contribution in [2.45, 2.75) is 19.9 Å². The van der Waals surface area contributed by atoms with Gasteiger partial charge in [-0.2, -0.15) is 0 Å².